The zero-order valence-corrected chi connectivity index (χ0v) is 14.4. The topological polar surface area (TPSA) is 37.8 Å². The van der Waals surface area contributed by atoms with Crippen LogP contribution in [0.3, 0.4) is 0 Å². The fraction of sp³-hybridized carbons (Fsp3) is 0.778. The number of aryl methyl sites for hydroxylation is 2. The normalized spacial score (nSPS) is 23.5. The molecule has 1 heterocycles. The average molecular weight is 289 g/mol. The molecule has 0 saturated heterocycles. The lowest BCUT2D eigenvalue weighted by molar-refractivity contribution is 0.515. The van der Waals surface area contributed by atoms with Crippen LogP contribution in [-0.2, 0) is 0 Å². The highest BCUT2D eigenvalue weighted by molar-refractivity contribution is 5.29. The first kappa shape index (κ1) is 16.4. The molecule has 0 spiro atoms. The average Bonchev–Trinajstić information content (AvgIpc) is 2.93. The van der Waals surface area contributed by atoms with Crippen LogP contribution in [0.4, 0.5) is 0 Å². The Morgan fingerprint density at radius 3 is 2.33 bits per heavy atom. The monoisotopic (exact) mass is 289 g/mol. The summed E-state index contributed by atoms with van der Waals surface area (Å²) in [4.78, 5) is 9.75. The highest BCUT2D eigenvalue weighted by Gasteiger charge is 2.27. The number of hydrogen-bond acceptors (Lipinski definition) is 3. The quantitative estimate of drug-likeness (QED) is 0.856. The number of nitrogens with zero attached hydrogens (tertiary/aromatic N) is 2. The van der Waals surface area contributed by atoms with Gasteiger partial charge < -0.3 is 5.32 Å². The fourth-order valence-electron chi connectivity index (χ4n) is 3.79. The van der Waals surface area contributed by atoms with Crippen molar-refractivity contribution in [1.82, 2.24) is 15.3 Å². The molecule has 1 fully saturated rings. The van der Waals surface area contributed by atoms with Crippen LogP contribution in [0.25, 0.3) is 0 Å². The Balaban J connectivity index is 2.17. The molecule has 3 heteroatoms. The summed E-state index contributed by atoms with van der Waals surface area (Å²) in [7, 11) is 0. The highest BCUT2D eigenvalue weighted by Crippen LogP contribution is 2.38. The Labute approximate surface area is 130 Å². The molecule has 0 aliphatic heterocycles. The molecule has 118 valence electrons. The molecule has 1 aromatic heterocycles. The van der Waals surface area contributed by atoms with E-state index in [9.17, 15) is 0 Å². The minimum absolute atomic E-state index is 0.478. The van der Waals surface area contributed by atoms with Crippen LogP contribution in [0.15, 0.2) is 0 Å². The summed E-state index contributed by atoms with van der Waals surface area (Å²) in [5.74, 6) is 3.04. The van der Waals surface area contributed by atoms with Gasteiger partial charge in [-0.05, 0) is 57.1 Å². The van der Waals surface area contributed by atoms with Crippen LogP contribution in [0.5, 0.6) is 0 Å². The lowest BCUT2D eigenvalue weighted by Gasteiger charge is -2.19. The Morgan fingerprint density at radius 1 is 1.14 bits per heavy atom. The maximum Gasteiger partial charge on any atom is 0.131 e. The first-order valence-electron chi connectivity index (χ1n) is 8.62. The van der Waals surface area contributed by atoms with Crippen molar-refractivity contribution in [1.29, 1.82) is 0 Å². The SMILES string of the molecule is CCNCC(C)c1c(C)nc(C2CCC(CC)C2)nc1C. The lowest BCUT2D eigenvalue weighted by Crippen LogP contribution is -2.21. The number of likely N-dealkylation sites (N-methyl/N-ethyl adjacent to an activating group) is 1. The zero-order chi connectivity index (χ0) is 15.4. The third kappa shape index (κ3) is 3.82. The van der Waals surface area contributed by atoms with E-state index in [4.69, 9.17) is 9.97 Å². The van der Waals surface area contributed by atoms with Gasteiger partial charge in [0.05, 0.1) is 0 Å². The molecular formula is C18H31N3. The summed E-state index contributed by atoms with van der Waals surface area (Å²) in [6, 6.07) is 0. The molecule has 0 amide bonds. The van der Waals surface area contributed by atoms with E-state index in [1.54, 1.807) is 0 Å². The number of rotatable bonds is 6. The molecule has 0 bridgehead atoms. The van der Waals surface area contributed by atoms with E-state index in [2.05, 4.69) is 39.9 Å². The molecule has 3 unspecified atom stereocenters. The summed E-state index contributed by atoms with van der Waals surface area (Å²) < 4.78 is 0. The summed E-state index contributed by atoms with van der Waals surface area (Å²) in [5.41, 5.74) is 3.70. The van der Waals surface area contributed by atoms with Gasteiger partial charge in [0.2, 0.25) is 0 Å². The first-order valence-corrected chi connectivity index (χ1v) is 8.62. The van der Waals surface area contributed by atoms with Crippen molar-refractivity contribution in [3.05, 3.63) is 22.8 Å². The molecule has 21 heavy (non-hydrogen) atoms. The number of hydrogen-bond donors (Lipinski definition) is 1. The van der Waals surface area contributed by atoms with Crippen molar-refractivity contribution in [2.75, 3.05) is 13.1 Å². The molecule has 1 aliphatic carbocycles. The molecule has 2 rings (SSSR count). The van der Waals surface area contributed by atoms with Crippen molar-refractivity contribution in [2.45, 2.75) is 72.1 Å². The molecule has 0 radical (unpaired) electrons. The zero-order valence-electron chi connectivity index (χ0n) is 14.4. The van der Waals surface area contributed by atoms with Gasteiger partial charge in [-0.1, -0.05) is 27.2 Å². The minimum Gasteiger partial charge on any atom is -0.316 e. The molecule has 1 aromatic rings. The maximum absolute atomic E-state index is 4.87. The molecule has 1 N–H and O–H groups in total. The molecular weight excluding hydrogens is 258 g/mol. The van der Waals surface area contributed by atoms with Gasteiger partial charge in [-0.3, -0.25) is 0 Å². The third-order valence-electron chi connectivity index (χ3n) is 5.02. The Kier molecular flexibility index (Phi) is 5.74. The largest absolute Gasteiger partial charge is 0.316 e. The Hall–Kier alpha value is -0.960. The number of aromatic nitrogens is 2. The summed E-state index contributed by atoms with van der Waals surface area (Å²) in [5, 5.41) is 3.43. The minimum atomic E-state index is 0.478. The van der Waals surface area contributed by atoms with Gasteiger partial charge in [0.25, 0.3) is 0 Å². The molecule has 3 nitrogen and oxygen atoms in total. The predicted molar refractivity (Wildman–Crippen MR) is 88.8 cm³/mol. The van der Waals surface area contributed by atoms with Gasteiger partial charge in [0, 0.05) is 23.9 Å². The maximum atomic E-state index is 4.87. The Morgan fingerprint density at radius 2 is 1.81 bits per heavy atom. The Bertz CT molecular complexity index is 447. The van der Waals surface area contributed by atoms with Crippen molar-refractivity contribution >= 4 is 0 Å². The van der Waals surface area contributed by atoms with Gasteiger partial charge in [-0.25, -0.2) is 9.97 Å². The van der Waals surface area contributed by atoms with E-state index < -0.39 is 0 Å². The summed E-state index contributed by atoms with van der Waals surface area (Å²) in [6.45, 7) is 13.0. The van der Waals surface area contributed by atoms with Gasteiger partial charge in [0.15, 0.2) is 0 Å². The molecule has 1 saturated carbocycles. The van der Waals surface area contributed by atoms with Gasteiger partial charge in [-0.15, -0.1) is 0 Å². The van der Waals surface area contributed by atoms with Gasteiger partial charge in [-0.2, -0.15) is 0 Å². The van der Waals surface area contributed by atoms with Crippen LogP contribution >= 0.6 is 0 Å². The first-order chi connectivity index (χ1) is 10.1. The van der Waals surface area contributed by atoms with Crippen molar-refractivity contribution in [3.8, 4) is 0 Å². The fourth-order valence-corrected chi connectivity index (χ4v) is 3.79. The highest BCUT2D eigenvalue weighted by atomic mass is 14.9. The van der Waals surface area contributed by atoms with Crippen LogP contribution in [0.2, 0.25) is 0 Å². The molecule has 0 aromatic carbocycles. The second kappa shape index (κ2) is 7.35. The van der Waals surface area contributed by atoms with E-state index >= 15 is 0 Å². The van der Waals surface area contributed by atoms with Crippen LogP contribution < -0.4 is 5.32 Å². The summed E-state index contributed by atoms with van der Waals surface area (Å²) in [6.07, 6.45) is 5.19. The van der Waals surface area contributed by atoms with Crippen LogP contribution in [-0.4, -0.2) is 23.1 Å². The lowest BCUT2D eigenvalue weighted by atomic mass is 9.96. The second-order valence-electron chi connectivity index (χ2n) is 6.66. The number of nitrogens with one attached hydrogen (secondary N) is 1. The molecule has 1 aliphatic rings. The van der Waals surface area contributed by atoms with Crippen LogP contribution in [0, 0.1) is 19.8 Å². The van der Waals surface area contributed by atoms with Gasteiger partial charge in [0.1, 0.15) is 5.82 Å². The second-order valence-corrected chi connectivity index (χ2v) is 6.66. The van der Waals surface area contributed by atoms with Crippen molar-refractivity contribution in [3.63, 3.8) is 0 Å². The van der Waals surface area contributed by atoms with E-state index in [-0.39, 0.29) is 0 Å². The smallest absolute Gasteiger partial charge is 0.131 e. The van der Waals surface area contributed by atoms with E-state index in [1.807, 2.05) is 0 Å². The molecule has 3 atom stereocenters. The van der Waals surface area contributed by atoms with E-state index in [0.29, 0.717) is 11.8 Å². The van der Waals surface area contributed by atoms with Crippen molar-refractivity contribution < 1.29 is 0 Å². The van der Waals surface area contributed by atoms with Crippen LogP contribution in [0.1, 0.15) is 81.1 Å². The standard InChI is InChI=1S/C18H31N3/c1-6-15-8-9-16(10-15)18-20-13(4)17(14(5)21-18)12(3)11-19-7-2/h12,15-16,19H,6-11H2,1-5H3. The third-order valence-corrected chi connectivity index (χ3v) is 5.02. The summed E-state index contributed by atoms with van der Waals surface area (Å²) >= 11 is 0. The van der Waals surface area contributed by atoms with E-state index in [0.717, 1.165) is 24.8 Å². The van der Waals surface area contributed by atoms with Gasteiger partial charge >= 0.3 is 0 Å². The predicted octanol–water partition coefficient (Wildman–Crippen LogP) is 4.10. The van der Waals surface area contributed by atoms with E-state index in [1.165, 1.54) is 42.6 Å². The van der Waals surface area contributed by atoms with Crippen molar-refractivity contribution in [2.24, 2.45) is 5.92 Å².